The van der Waals surface area contributed by atoms with E-state index in [9.17, 15) is 14.7 Å². The van der Waals surface area contributed by atoms with Gasteiger partial charge in [-0.3, -0.25) is 9.59 Å². The minimum Gasteiger partial charge on any atom is -0.480 e. The maximum absolute atomic E-state index is 12.4. The zero-order valence-corrected chi connectivity index (χ0v) is 13.0. The Bertz CT molecular complexity index is 495. The van der Waals surface area contributed by atoms with E-state index < -0.39 is 17.4 Å². The van der Waals surface area contributed by atoms with Crippen molar-refractivity contribution in [2.45, 2.75) is 51.9 Å². The molecule has 1 aromatic rings. The predicted octanol–water partition coefficient (Wildman–Crippen LogP) is 3.46. The van der Waals surface area contributed by atoms with Gasteiger partial charge < -0.3 is 9.84 Å². The summed E-state index contributed by atoms with van der Waals surface area (Å²) in [5.74, 6) is -1.80. The third-order valence-corrected chi connectivity index (χ3v) is 3.66. The summed E-state index contributed by atoms with van der Waals surface area (Å²) in [4.78, 5) is 24.4. The van der Waals surface area contributed by atoms with Crippen LogP contribution in [0.1, 0.15) is 50.7 Å². The van der Waals surface area contributed by atoms with Crippen LogP contribution in [-0.2, 0) is 19.7 Å². The maximum Gasteiger partial charge on any atom is 0.328 e. The number of aliphatic carboxylic acids is 1. The van der Waals surface area contributed by atoms with E-state index in [1.807, 2.05) is 19.9 Å². The van der Waals surface area contributed by atoms with Gasteiger partial charge in [0.2, 0.25) is 0 Å². The summed E-state index contributed by atoms with van der Waals surface area (Å²) in [5, 5.41) is 9.76. The highest BCUT2D eigenvalue weighted by Gasteiger charge is 2.48. The second-order valence-electron chi connectivity index (χ2n) is 5.26. The van der Waals surface area contributed by atoms with Gasteiger partial charge >= 0.3 is 11.9 Å². The first-order valence-corrected chi connectivity index (χ1v) is 7.46. The van der Waals surface area contributed by atoms with Gasteiger partial charge in [-0.15, -0.1) is 0 Å². The third-order valence-electron chi connectivity index (χ3n) is 3.66. The first-order valence-electron chi connectivity index (χ1n) is 7.46. The van der Waals surface area contributed by atoms with Crippen molar-refractivity contribution in [2.75, 3.05) is 6.61 Å². The number of benzene rings is 1. The van der Waals surface area contributed by atoms with Crippen LogP contribution in [-0.4, -0.2) is 23.7 Å². The monoisotopic (exact) mass is 292 g/mol. The van der Waals surface area contributed by atoms with E-state index in [-0.39, 0.29) is 13.0 Å². The Hall–Kier alpha value is -1.84. The Morgan fingerprint density at radius 1 is 1.24 bits per heavy atom. The van der Waals surface area contributed by atoms with Gasteiger partial charge in [0.1, 0.15) is 0 Å². The molecule has 0 bridgehead atoms. The summed E-state index contributed by atoms with van der Waals surface area (Å²) in [7, 11) is 0. The minimum absolute atomic E-state index is 0.174. The minimum atomic E-state index is -1.60. The molecule has 0 saturated heterocycles. The molecular formula is C17H24O4. The number of esters is 1. The number of ether oxygens (including phenoxy) is 1. The van der Waals surface area contributed by atoms with Gasteiger partial charge in [0.05, 0.1) is 6.61 Å². The summed E-state index contributed by atoms with van der Waals surface area (Å²) in [6.45, 7) is 5.78. The molecule has 1 aromatic carbocycles. The average molecular weight is 292 g/mol. The summed E-state index contributed by atoms with van der Waals surface area (Å²) in [6, 6.07) is 7.12. The first-order chi connectivity index (χ1) is 9.98. The molecule has 0 aromatic heterocycles. The van der Waals surface area contributed by atoms with Crippen LogP contribution in [0, 0.1) is 6.92 Å². The number of carboxylic acids is 1. The lowest BCUT2D eigenvalue weighted by Gasteiger charge is -2.28. The second-order valence-corrected chi connectivity index (χ2v) is 5.26. The lowest BCUT2D eigenvalue weighted by molar-refractivity contribution is -0.162. The summed E-state index contributed by atoms with van der Waals surface area (Å²) >= 11 is 0. The zero-order chi connectivity index (χ0) is 15.9. The molecule has 1 unspecified atom stereocenters. The largest absolute Gasteiger partial charge is 0.480 e. The fourth-order valence-corrected chi connectivity index (χ4v) is 2.49. The molecule has 21 heavy (non-hydrogen) atoms. The topological polar surface area (TPSA) is 63.6 Å². The molecule has 0 saturated carbocycles. The van der Waals surface area contributed by atoms with Crippen molar-refractivity contribution in [3.8, 4) is 0 Å². The van der Waals surface area contributed by atoms with Crippen LogP contribution in [0.3, 0.4) is 0 Å². The van der Waals surface area contributed by atoms with E-state index in [1.165, 1.54) is 0 Å². The Morgan fingerprint density at radius 3 is 2.48 bits per heavy atom. The Morgan fingerprint density at radius 2 is 1.95 bits per heavy atom. The maximum atomic E-state index is 12.4. The average Bonchev–Trinajstić information content (AvgIpc) is 2.43. The lowest BCUT2D eigenvalue weighted by atomic mass is 9.75. The van der Waals surface area contributed by atoms with Crippen LogP contribution >= 0.6 is 0 Å². The molecule has 0 radical (unpaired) electrons. The molecule has 0 fully saturated rings. The standard InChI is InChI=1S/C17H24O4/c1-4-6-7-11-17(15(18)19,16(20)21-5-2)14-10-8-9-13(3)12-14/h8-10,12H,4-7,11H2,1-3H3,(H,18,19). The molecule has 1 rings (SSSR count). The quantitative estimate of drug-likeness (QED) is 0.453. The fourth-order valence-electron chi connectivity index (χ4n) is 2.49. The van der Waals surface area contributed by atoms with Crippen molar-refractivity contribution < 1.29 is 19.4 Å². The first kappa shape index (κ1) is 17.2. The number of unbranched alkanes of at least 4 members (excludes halogenated alkanes) is 2. The van der Waals surface area contributed by atoms with Gasteiger partial charge in [0, 0.05) is 0 Å². The van der Waals surface area contributed by atoms with Gasteiger partial charge in [-0.25, -0.2) is 0 Å². The molecule has 4 nitrogen and oxygen atoms in total. The molecule has 4 heteroatoms. The zero-order valence-electron chi connectivity index (χ0n) is 13.0. The molecular weight excluding hydrogens is 268 g/mol. The summed E-state index contributed by atoms with van der Waals surface area (Å²) in [5.41, 5.74) is -0.167. The number of carbonyl (C=O) groups excluding carboxylic acids is 1. The van der Waals surface area contributed by atoms with Crippen LogP contribution < -0.4 is 0 Å². The van der Waals surface area contributed by atoms with Crippen molar-refractivity contribution in [1.82, 2.24) is 0 Å². The number of carbonyl (C=O) groups is 2. The highest BCUT2D eigenvalue weighted by Crippen LogP contribution is 2.33. The van der Waals surface area contributed by atoms with E-state index in [4.69, 9.17) is 4.74 Å². The molecule has 1 atom stereocenters. The van der Waals surface area contributed by atoms with Crippen molar-refractivity contribution in [1.29, 1.82) is 0 Å². The highest BCUT2D eigenvalue weighted by molar-refractivity contribution is 6.05. The van der Waals surface area contributed by atoms with E-state index in [0.717, 1.165) is 18.4 Å². The van der Waals surface area contributed by atoms with Crippen molar-refractivity contribution >= 4 is 11.9 Å². The van der Waals surface area contributed by atoms with Crippen molar-refractivity contribution in [3.05, 3.63) is 35.4 Å². The van der Waals surface area contributed by atoms with Gasteiger partial charge in [-0.05, 0) is 25.8 Å². The lowest BCUT2D eigenvalue weighted by Crippen LogP contribution is -2.45. The van der Waals surface area contributed by atoms with Crippen LogP contribution in [0.4, 0.5) is 0 Å². The molecule has 0 aliphatic heterocycles. The Balaban J connectivity index is 3.29. The third kappa shape index (κ3) is 3.84. The molecule has 0 aliphatic rings. The number of rotatable bonds is 8. The molecule has 1 N–H and O–H groups in total. The fraction of sp³-hybridized carbons (Fsp3) is 0.529. The highest BCUT2D eigenvalue weighted by atomic mass is 16.5. The van der Waals surface area contributed by atoms with E-state index in [0.29, 0.717) is 12.0 Å². The summed E-state index contributed by atoms with van der Waals surface area (Å²) < 4.78 is 5.07. The summed E-state index contributed by atoms with van der Waals surface area (Å²) in [6.07, 6.45) is 2.79. The Labute approximate surface area is 126 Å². The van der Waals surface area contributed by atoms with Crippen molar-refractivity contribution in [3.63, 3.8) is 0 Å². The number of hydrogen-bond donors (Lipinski definition) is 1. The molecule has 0 aliphatic carbocycles. The van der Waals surface area contributed by atoms with Crippen LogP contribution in [0.2, 0.25) is 0 Å². The Kier molecular flexibility index (Phi) is 6.40. The number of carboxylic acid groups (broad SMARTS) is 1. The van der Waals surface area contributed by atoms with Gasteiger partial charge in [0.15, 0.2) is 5.41 Å². The number of hydrogen-bond acceptors (Lipinski definition) is 3. The molecule has 0 spiro atoms. The van der Waals surface area contributed by atoms with Gasteiger partial charge in [-0.1, -0.05) is 56.0 Å². The van der Waals surface area contributed by atoms with Gasteiger partial charge in [0.25, 0.3) is 0 Å². The van der Waals surface area contributed by atoms with Crippen LogP contribution in [0.25, 0.3) is 0 Å². The molecule has 0 amide bonds. The van der Waals surface area contributed by atoms with Crippen LogP contribution in [0.5, 0.6) is 0 Å². The number of aryl methyl sites for hydroxylation is 1. The van der Waals surface area contributed by atoms with Gasteiger partial charge in [-0.2, -0.15) is 0 Å². The van der Waals surface area contributed by atoms with E-state index >= 15 is 0 Å². The normalized spacial score (nSPS) is 13.5. The SMILES string of the molecule is CCCCCC(C(=O)O)(C(=O)OCC)c1cccc(C)c1. The van der Waals surface area contributed by atoms with E-state index in [2.05, 4.69) is 0 Å². The second kappa shape index (κ2) is 7.81. The van der Waals surface area contributed by atoms with Crippen LogP contribution in [0.15, 0.2) is 24.3 Å². The molecule has 116 valence electrons. The van der Waals surface area contributed by atoms with Crippen molar-refractivity contribution in [2.24, 2.45) is 0 Å². The smallest absolute Gasteiger partial charge is 0.328 e. The predicted molar refractivity (Wildman–Crippen MR) is 81.3 cm³/mol. The van der Waals surface area contributed by atoms with E-state index in [1.54, 1.807) is 25.1 Å². The molecule has 0 heterocycles.